The summed E-state index contributed by atoms with van der Waals surface area (Å²) in [7, 11) is 1.94. The molecule has 1 aromatic heterocycles. The molecule has 12 heavy (non-hydrogen) atoms. The SMILES string of the molecule is CNC(CCCl)c1ccc(Cl)s1. The lowest BCUT2D eigenvalue weighted by atomic mass is 10.2. The van der Waals surface area contributed by atoms with Gasteiger partial charge in [0.1, 0.15) is 0 Å². The van der Waals surface area contributed by atoms with E-state index in [1.165, 1.54) is 4.88 Å². The summed E-state index contributed by atoms with van der Waals surface area (Å²) < 4.78 is 0.833. The molecule has 1 heterocycles. The van der Waals surface area contributed by atoms with Gasteiger partial charge >= 0.3 is 0 Å². The van der Waals surface area contributed by atoms with Gasteiger partial charge in [0.2, 0.25) is 0 Å². The zero-order valence-corrected chi connectivity index (χ0v) is 9.14. The Morgan fingerprint density at radius 3 is 2.75 bits per heavy atom. The normalized spacial score (nSPS) is 13.2. The minimum absolute atomic E-state index is 0.347. The number of thiophene rings is 1. The van der Waals surface area contributed by atoms with Crippen molar-refractivity contribution in [2.75, 3.05) is 12.9 Å². The molecule has 68 valence electrons. The van der Waals surface area contributed by atoms with Crippen LogP contribution in [0.3, 0.4) is 0 Å². The number of alkyl halides is 1. The minimum Gasteiger partial charge on any atom is -0.312 e. The highest BCUT2D eigenvalue weighted by molar-refractivity contribution is 7.16. The van der Waals surface area contributed by atoms with Gasteiger partial charge < -0.3 is 5.32 Å². The average Bonchev–Trinajstić information content (AvgIpc) is 2.47. The fourth-order valence-corrected chi connectivity index (χ4v) is 2.48. The van der Waals surface area contributed by atoms with Crippen molar-refractivity contribution in [3.05, 3.63) is 21.3 Å². The molecule has 0 bridgehead atoms. The maximum Gasteiger partial charge on any atom is 0.0931 e. The summed E-state index contributed by atoms with van der Waals surface area (Å²) in [5.74, 6) is 0.668. The molecule has 0 fully saturated rings. The van der Waals surface area contributed by atoms with Crippen LogP contribution in [0, 0.1) is 0 Å². The standard InChI is InChI=1S/C8H11Cl2NS/c1-11-6(4-5-9)7-2-3-8(10)12-7/h2-3,6,11H,4-5H2,1H3. The number of hydrogen-bond acceptors (Lipinski definition) is 2. The van der Waals surface area contributed by atoms with E-state index in [2.05, 4.69) is 5.32 Å². The molecular weight excluding hydrogens is 213 g/mol. The van der Waals surface area contributed by atoms with Gasteiger partial charge in [-0.05, 0) is 25.6 Å². The fraction of sp³-hybridized carbons (Fsp3) is 0.500. The van der Waals surface area contributed by atoms with Crippen molar-refractivity contribution in [1.29, 1.82) is 0 Å². The Morgan fingerprint density at radius 2 is 2.33 bits per heavy atom. The van der Waals surface area contributed by atoms with Gasteiger partial charge in [-0.1, -0.05) is 11.6 Å². The highest BCUT2D eigenvalue weighted by atomic mass is 35.5. The molecule has 1 N–H and O–H groups in total. The van der Waals surface area contributed by atoms with E-state index < -0.39 is 0 Å². The lowest BCUT2D eigenvalue weighted by Gasteiger charge is -2.11. The van der Waals surface area contributed by atoms with Crippen LogP contribution in [0.25, 0.3) is 0 Å². The number of hydrogen-bond donors (Lipinski definition) is 1. The van der Waals surface area contributed by atoms with E-state index in [9.17, 15) is 0 Å². The zero-order chi connectivity index (χ0) is 8.97. The van der Waals surface area contributed by atoms with E-state index >= 15 is 0 Å². The predicted octanol–water partition coefficient (Wildman–Crippen LogP) is 3.29. The van der Waals surface area contributed by atoms with Crippen LogP contribution < -0.4 is 5.32 Å². The molecule has 0 spiro atoms. The first-order chi connectivity index (χ1) is 5.77. The Kier molecular flexibility index (Phi) is 4.36. The molecule has 0 aliphatic rings. The van der Waals surface area contributed by atoms with Gasteiger partial charge in [-0.2, -0.15) is 0 Å². The third-order valence-electron chi connectivity index (χ3n) is 1.68. The van der Waals surface area contributed by atoms with Crippen LogP contribution >= 0.6 is 34.5 Å². The first kappa shape index (κ1) is 10.3. The van der Waals surface area contributed by atoms with Crippen molar-refractivity contribution >= 4 is 34.5 Å². The summed E-state index contributed by atoms with van der Waals surface area (Å²) in [4.78, 5) is 1.25. The average molecular weight is 224 g/mol. The maximum absolute atomic E-state index is 5.82. The largest absolute Gasteiger partial charge is 0.312 e. The van der Waals surface area contributed by atoms with Gasteiger partial charge in [0.15, 0.2) is 0 Å². The van der Waals surface area contributed by atoms with Gasteiger partial charge in [0.05, 0.1) is 4.34 Å². The van der Waals surface area contributed by atoms with Crippen LogP contribution in [0.5, 0.6) is 0 Å². The van der Waals surface area contributed by atoms with Gasteiger partial charge in [0, 0.05) is 16.8 Å². The van der Waals surface area contributed by atoms with Crippen molar-refractivity contribution in [2.24, 2.45) is 0 Å². The molecule has 1 rings (SSSR count). The molecule has 1 atom stereocenters. The van der Waals surface area contributed by atoms with Crippen LogP contribution in [0.1, 0.15) is 17.3 Å². The Bertz CT molecular complexity index is 237. The summed E-state index contributed by atoms with van der Waals surface area (Å²) in [5.41, 5.74) is 0. The van der Waals surface area contributed by atoms with E-state index in [0.717, 1.165) is 10.8 Å². The molecule has 4 heteroatoms. The van der Waals surface area contributed by atoms with Crippen LogP contribution in [0.2, 0.25) is 4.34 Å². The van der Waals surface area contributed by atoms with Gasteiger partial charge in [-0.15, -0.1) is 22.9 Å². The van der Waals surface area contributed by atoms with Crippen LogP contribution in [-0.2, 0) is 0 Å². The van der Waals surface area contributed by atoms with E-state index in [1.54, 1.807) is 11.3 Å². The Balaban J connectivity index is 2.66. The van der Waals surface area contributed by atoms with Crippen LogP contribution in [0.15, 0.2) is 12.1 Å². The molecule has 0 aromatic carbocycles. The summed E-state index contributed by atoms with van der Waals surface area (Å²) in [5, 5.41) is 3.20. The molecular formula is C8H11Cl2NS. The summed E-state index contributed by atoms with van der Waals surface area (Å²) in [6, 6.07) is 4.31. The molecule has 0 saturated heterocycles. The summed E-state index contributed by atoms with van der Waals surface area (Å²) >= 11 is 13.1. The van der Waals surface area contributed by atoms with E-state index in [-0.39, 0.29) is 0 Å². The summed E-state index contributed by atoms with van der Waals surface area (Å²) in [6.07, 6.45) is 0.939. The highest BCUT2D eigenvalue weighted by Gasteiger charge is 2.09. The quantitative estimate of drug-likeness (QED) is 0.774. The van der Waals surface area contributed by atoms with Crippen molar-refractivity contribution in [3.63, 3.8) is 0 Å². The second kappa shape index (κ2) is 5.07. The van der Waals surface area contributed by atoms with Crippen LogP contribution in [-0.4, -0.2) is 12.9 Å². The smallest absolute Gasteiger partial charge is 0.0931 e. The van der Waals surface area contributed by atoms with Gasteiger partial charge in [-0.25, -0.2) is 0 Å². The van der Waals surface area contributed by atoms with Crippen molar-refractivity contribution in [3.8, 4) is 0 Å². The van der Waals surface area contributed by atoms with Crippen molar-refractivity contribution in [1.82, 2.24) is 5.32 Å². The third kappa shape index (κ3) is 2.63. The van der Waals surface area contributed by atoms with E-state index in [1.807, 2.05) is 19.2 Å². The van der Waals surface area contributed by atoms with Gasteiger partial charge in [-0.3, -0.25) is 0 Å². The van der Waals surface area contributed by atoms with Gasteiger partial charge in [0.25, 0.3) is 0 Å². The molecule has 0 saturated carbocycles. The number of nitrogens with one attached hydrogen (secondary N) is 1. The predicted molar refractivity (Wildman–Crippen MR) is 56.5 cm³/mol. The summed E-state index contributed by atoms with van der Waals surface area (Å²) in [6.45, 7) is 0. The third-order valence-corrected chi connectivity index (χ3v) is 3.25. The maximum atomic E-state index is 5.82. The minimum atomic E-state index is 0.347. The highest BCUT2D eigenvalue weighted by Crippen LogP contribution is 2.28. The molecule has 0 aliphatic heterocycles. The number of rotatable bonds is 4. The molecule has 0 aliphatic carbocycles. The van der Waals surface area contributed by atoms with Crippen LogP contribution in [0.4, 0.5) is 0 Å². The van der Waals surface area contributed by atoms with E-state index in [0.29, 0.717) is 11.9 Å². The first-order valence-corrected chi connectivity index (χ1v) is 5.49. The molecule has 1 nitrogen and oxygen atoms in total. The topological polar surface area (TPSA) is 12.0 Å². The second-order valence-corrected chi connectivity index (χ2v) is 4.59. The van der Waals surface area contributed by atoms with E-state index in [4.69, 9.17) is 23.2 Å². The Labute approximate surface area is 86.7 Å². The Morgan fingerprint density at radius 1 is 1.58 bits per heavy atom. The lowest BCUT2D eigenvalue weighted by molar-refractivity contribution is 0.589. The number of halogens is 2. The molecule has 0 radical (unpaired) electrons. The second-order valence-electron chi connectivity index (χ2n) is 2.46. The monoisotopic (exact) mass is 223 g/mol. The first-order valence-electron chi connectivity index (χ1n) is 3.76. The molecule has 0 amide bonds. The Hall–Kier alpha value is 0.240. The lowest BCUT2D eigenvalue weighted by Crippen LogP contribution is -2.15. The molecule has 1 aromatic rings. The van der Waals surface area contributed by atoms with Crippen molar-refractivity contribution < 1.29 is 0 Å². The molecule has 1 unspecified atom stereocenters. The zero-order valence-electron chi connectivity index (χ0n) is 6.81. The fourth-order valence-electron chi connectivity index (χ4n) is 1.05. The van der Waals surface area contributed by atoms with Crippen molar-refractivity contribution in [2.45, 2.75) is 12.5 Å².